The quantitative estimate of drug-likeness (QED) is 0.283. The zero-order chi connectivity index (χ0) is 8.97. The normalized spacial score (nSPS) is 11.6. The predicted molar refractivity (Wildman–Crippen MR) is 56.3 cm³/mol. The molecule has 0 bridgehead atoms. The van der Waals surface area contributed by atoms with Crippen molar-refractivity contribution in [3.05, 3.63) is 33.4 Å². The molecule has 12 heavy (non-hydrogen) atoms. The number of nitrogens with two attached hydrogens (primary N) is 1. The molecular formula is C8H9IN2O. The maximum Gasteiger partial charge on any atom is 0.143 e. The molecule has 0 fully saturated rings. The lowest BCUT2D eigenvalue weighted by Crippen LogP contribution is -2.14. The van der Waals surface area contributed by atoms with Crippen LogP contribution >= 0.6 is 22.6 Å². The molecule has 0 aliphatic carbocycles. The van der Waals surface area contributed by atoms with Crippen molar-refractivity contribution in [2.45, 2.75) is 6.42 Å². The number of hydrogen-bond donors (Lipinski definition) is 2. The van der Waals surface area contributed by atoms with Gasteiger partial charge in [-0.3, -0.25) is 0 Å². The van der Waals surface area contributed by atoms with Gasteiger partial charge < -0.3 is 10.9 Å². The molecule has 0 heterocycles. The maximum atomic E-state index is 8.31. The fourth-order valence-corrected chi connectivity index (χ4v) is 1.21. The van der Waals surface area contributed by atoms with Crippen LogP contribution in [-0.2, 0) is 6.42 Å². The molecule has 0 amide bonds. The minimum absolute atomic E-state index is 0.233. The van der Waals surface area contributed by atoms with Gasteiger partial charge in [0.05, 0.1) is 0 Å². The van der Waals surface area contributed by atoms with Gasteiger partial charge in [-0.15, -0.1) is 0 Å². The first-order valence-electron chi connectivity index (χ1n) is 3.43. The van der Waals surface area contributed by atoms with Crippen molar-refractivity contribution in [3.8, 4) is 0 Å². The summed E-state index contributed by atoms with van der Waals surface area (Å²) < 4.78 is 1.18. The first-order chi connectivity index (χ1) is 5.72. The van der Waals surface area contributed by atoms with Crippen LogP contribution in [0.25, 0.3) is 0 Å². The molecule has 0 aromatic heterocycles. The molecule has 0 atom stereocenters. The van der Waals surface area contributed by atoms with E-state index in [2.05, 4.69) is 27.7 Å². The zero-order valence-electron chi connectivity index (χ0n) is 6.37. The van der Waals surface area contributed by atoms with Gasteiger partial charge in [-0.1, -0.05) is 17.3 Å². The van der Waals surface area contributed by atoms with Crippen molar-refractivity contribution in [1.82, 2.24) is 0 Å². The Labute approximate surface area is 84.4 Å². The van der Waals surface area contributed by atoms with E-state index in [1.165, 1.54) is 3.57 Å². The Bertz CT molecular complexity index is 282. The number of benzene rings is 1. The second-order valence-electron chi connectivity index (χ2n) is 2.39. The van der Waals surface area contributed by atoms with Crippen molar-refractivity contribution in [2.75, 3.05) is 0 Å². The van der Waals surface area contributed by atoms with Crippen LogP contribution in [-0.4, -0.2) is 11.0 Å². The molecule has 1 aromatic rings. The minimum atomic E-state index is 0.233. The van der Waals surface area contributed by atoms with Gasteiger partial charge in [0.1, 0.15) is 5.84 Å². The Morgan fingerprint density at radius 3 is 2.50 bits per heavy atom. The summed E-state index contributed by atoms with van der Waals surface area (Å²) in [6.45, 7) is 0. The average molecular weight is 276 g/mol. The molecule has 0 saturated heterocycles. The van der Waals surface area contributed by atoms with E-state index in [0.717, 1.165) is 5.56 Å². The smallest absolute Gasteiger partial charge is 0.143 e. The van der Waals surface area contributed by atoms with E-state index in [9.17, 15) is 0 Å². The van der Waals surface area contributed by atoms with Crippen molar-refractivity contribution < 1.29 is 5.21 Å². The van der Waals surface area contributed by atoms with Crippen molar-refractivity contribution in [3.63, 3.8) is 0 Å². The number of hydrogen-bond acceptors (Lipinski definition) is 2. The molecule has 1 rings (SSSR count). The molecule has 64 valence electrons. The topological polar surface area (TPSA) is 58.6 Å². The van der Waals surface area contributed by atoms with Crippen LogP contribution in [0, 0.1) is 3.57 Å². The van der Waals surface area contributed by atoms with Gasteiger partial charge >= 0.3 is 0 Å². The first-order valence-corrected chi connectivity index (χ1v) is 4.51. The van der Waals surface area contributed by atoms with E-state index in [0.29, 0.717) is 6.42 Å². The summed E-state index contributed by atoms with van der Waals surface area (Å²) in [4.78, 5) is 0. The number of halogens is 1. The monoisotopic (exact) mass is 276 g/mol. The van der Waals surface area contributed by atoms with E-state index in [4.69, 9.17) is 10.9 Å². The molecule has 0 aliphatic rings. The van der Waals surface area contributed by atoms with Gasteiger partial charge in [0, 0.05) is 9.99 Å². The molecule has 3 nitrogen and oxygen atoms in total. The predicted octanol–water partition coefficient (Wildman–Crippen LogP) is 1.58. The SMILES string of the molecule is NC(Cc1ccc(I)cc1)=NO. The molecule has 3 N–H and O–H groups in total. The molecule has 0 aliphatic heterocycles. The number of amidine groups is 1. The molecular weight excluding hydrogens is 267 g/mol. The standard InChI is InChI=1S/C8H9IN2O/c9-7-3-1-6(2-4-7)5-8(10)11-12/h1-4,12H,5H2,(H2,10,11). The third-order valence-electron chi connectivity index (χ3n) is 1.43. The summed E-state index contributed by atoms with van der Waals surface area (Å²) in [6, 6.07) is 7.89. The third-order valence-corrected chi connectivity index (χ3v) is 2.15. The van der Waals surface area contributed by atoms with E-state index in [-0.39, 0.29) is 5.84 Å². The number of nitrogens with zero attached hydrogens (tertiary/aromatic N) is 1. The van der Waals surface area contributed by atoms with Crippen LogP contribution in [0.15, 0.2) is 29.4 Å². The van der Waals surface area contributed by atoms with E-state index in [1.54, 1.807) is 0 Å². The van der Waals surface area contributed by atoms with Crippen LogP contribution < -0.4 is 5.73 Å². The van der Waals surface area contributed by atoms with Crippen molar-refractivity contribution >= 4 is 28.4 Å². The van der Waals surface area contributed by atoms with Gasteiger partial charge in [0.2, 0.25) is 0 Å². The van der Waals surface area contributed by atoms with Crippen LogP contribution in [0.1, 0.15) is 5.56 Å². The fraction of sp³-hybridized carbons (Fsp3) is 0.125. The van der Waals surface area contributed by atoms with Crippen molar-refractivity contribution in [1.29, 1.82) is 0 Å². The second kappa shape index (κ2) is 4.30. The number of rotatable bonds is 2. The summed E-state index contributed by atoms with van der Waals surface area (Å²) in [7, 11) is 0. The van der Waals surface area contributed by atoms with Gasteiger partial charge in [-0.2, -0.15) is 0 Å². The molecule has 0 unspecified atom stereocenters. The highest BCUT2D eigenvalue weighted by Crippen LogP contribution is 2.06. The Morgan fingerprint density at radius 2 is 2.00 bits per heavy atom. The van der Waals surface area contributed by atoms with Crippen molar-refractivity contribution in [2.24, 2.45) is 10.9 Å². The molecule has 0 radical (unpaired) electrons. The molecule has 0 saturated carbocycles. The highest BCUT2D eigenvalue weighted by molar-refractivity contribution is 14.1. The van der Waals surface area contributed by atoms with Crippen LogP contribution in [0.5, 0.6) is 0 Å². The lowest BCUT2D eigenvalue weighted by molar-refractivity contribution is 0.317. The summed E-state index contributed by atoms with van der Waals surface area (Å²) in [5.41, 5.74) is 6.39. The third kappa shape index (κ3) is 2.69. The van der Waals surface area contributed by atoms with Gasteiger partial charge in [-0.25, -0.2) is 0 Å². The van der Waals surface area contributed by atoms with E-state index in [1.807, 2.05) is 24.3 Å². The summed E-state index contributed by atoms with van der Waals surface area (Å²) >= 11 is 2.23. The average Bonchev–Trinajstić information content (AvgIpc) is 2.09. The Balaban J connectivity index is 2.71. The maximum absolute atomic E-state index is 8.31. The van der Waals surface area contributed by atoms with Crippen LogP contribution in [0.4, 0.5) is 0 Å². The minimum Gasteiger partial charge on any atom is -0.409 e. The lowest BCUT2D eigenvalue weighted by Gasteiger charge is -1.98. The van der Waals surface area contributed by atoms with E-state index < -0.39 is 0 Å². The fourth-order valence-electron chi connectivity index (χ4n) is 0.847. The Kier molecular flexibility index (Phi) is 3.33. The van der Waals surface area contributed by atoms with Gasteiger partial charge in [0.25, 0.3) is 0 Å². The van der Waals surface area contributed by atoms with E-state index >= 15 is 0 Å². The Morgan fingerprint density at radius 1 is 1.42 bits per heavy atom. The second-order valence-corrected chi connectivity index (χ2v) is 3.64. The highest BCUT2D eigenvalue weighted by Gasteiger charge is 1.96. The zero-order valence-corrected chi connectivity index (χ0v) is 8.52. The van der Waals surface area contributed by atoms with Gasteiger partial charge in [-0.05, 0) is 40.3 Å². The molecule has 0 spiro atoms. The summed E-state index contributed by atoms with van der Waals surface area (Å²) in [5, 5.41) is 11.2. The lowest BCUT2D eigenvalue weighted by atomic mass is 10.1. The van der Waals surface area contributed by atoms with Gasteiger partial charge in [0.15, 0.2) is 0 Å². The van der Waals surface area contributed by atoms with Crippen LogP contribution in [0.3, 0.4) is 0 Å². The Hall–Kier alpha value is -0.780. The summed E-state index contributed by atoms with van der Waals surface area (Å²) in [6.07, 6.45) is 0.493. The first kappa shape index (κ1) is 9.31. The highest BCUT2D eigenvalue weighted by atomic mass is 127. The summed E-state index contributed by atoms with van der Waals surface area (Å²) in [5.74, 6) is 0.233. The van der Waals surface area contributed by atoms with Crippen LogP contribution in [0.2, 0.25) is 0 Å². The largest absolute Gasteiger partial charge is 0.409 e. The molecule has 1 aromatic carbocycles. The number of oxime groups is 1. The molecule has 4 heteroatoms.